The van der Waals surface area contributed by atoms with Gasteiger partial charge in [0.1, 0.15) is 5.82 Å². The zero-order chi connectivity index (χ0) is 16.8. The lowest BCUT2D eigenvalue weighted by atomic mass is 10.1. The SMILES string of the molecule is CN=C(NCc1cccc(N(C)C)n1)NC1CCC(=O)N(C)C1. The van der Waals surface area contributed by atoms with Crippen LogP contribution in [0, 0.1) is 0 Å². The van der Waals surface area contributed by atoms with Gasteiger partial charge in [-0.3, -0.25) is 9.79 Å². The zero-order valence-electron chi connectivity index (χ0n) is 14.3. The van der Waals surface area contributed by atoms with Crippen molar-refractivity contribution < 1.29 is 4.79 Å². The van der Waals surface area contributed by atoms with E-state index in [-0.39, 0.29) is 11.9 Å². The van der Waals surface area contributed by atoms with E-state index in [1.165, 1.54) is 0 Å². The summed E-state index contributed by atoms with van der Waals surface area (Å²) in [4.78, 5) is 24.1. The predicted molar refractivity (Wildman–Crippen MR) is 92.6 cm³/mol. The molecule has 0 aromatic carbocycles. The number of nitrogens with one attached hydrogen (secondary N) is 2. The van der Waals surface area contributed by atoms with Crippen molar-refractivity contribution >= 4 is 17.7 Å². The predicted octanol–water partition coefficient (Wildman–Crippen LogP) is 0.433. The number of hydrogen-bond donors (Lipinski definition) is 2. The number of amides is 1. The van der Waals surface area contributed by atoms with Crippen LogP contribution in [0.2, 0.25) is 0 Å². The molecule has 1 aromatic rings. The van der Waals surface area contributed by atoms with Crippen molar-refractivity contribution in [1.29, 1.82) is 0 Å². The van der Waals surface area contributed by atoms with Crippen molar-refractivity contribution in [2.75, 3.05) is 39.6 Å². The maximum absolute atomic E-state index is 11.5. The monoisotopic (exact) mass is 318 g/mol. The second-order valence-electron chi connectivity index (χ2n) is 5.96. The molecule has 0 spiro atoms. The van der Waals surface area contributed by atoms with Gasteiger partial charge in [-0.15, -0.1) is 0 Å². The normalized spacial score (nSPS) is 18.8. The lowest BCUT2D eigenvalue weighted by molar-refractivity contribution is -0.132. The summed E-state index contributed by atoms with van der Waals surface area (Å²) in [6.07, 6.45) is 1.41. The number of rotatable bonds is 4. The molecule has 2 rings (SSSR count). The number of pyridine rings is 1. The first-order chi connectivity index (χ1) is 11.0. The van der Waals surface area contributed by atoms with Crippen LogP contribution >= 0.6 is 0 Å². The molecule has 2 heterocycles. The van der Waals surface area contributed by atoms with Crippen molar-refractivity contribution in [3.63, 3.8) is 0 Å². The Hall–Kier alpha value is -2.31. The quantitative estimate of drug-likeness (QED) is 0.622. The summed E-state index contributed by atoms with van der Waals surface area (Å²) in [7, 11) is 7.53. The average molecular weight is 318 g/mol. The second-order valence-corrected chi connectivity index (χ2v) is 5.96. The van der Waals surface area contributed by atoms with Crippen LogP contribution in [0.15, 0.2) is 23.2 Å². The van der Waals surface area contributed by atoms with E-state index in [2.05, 4.69) is 20.6 Å². The van der Waals surface area contributed by atoms with Gasteiger partial charge in [0.15, 0.2) is 5.96 Å². The first kappa shape index (κ1) is 17.1. The van der Waals surface area contributed by atoms with E-state index in [1.807, 2.05) is 44.2 Å². The van der Waals surface area contributed by atoms with Gasteiger partial charge in [-0.25, -0.2) is 4.98 Å². The number of anilines is 1. The summed E-state index contributed by atoms with van der Waals surface area (Å²) < 4.78 is 0. The first-order valence-electron chi connectivity index (χ1n) is 7.84. The topological polar surface area (TPSA) is 72.9 Å². The molecule has 1 amide bonds. The van der Waals surface area contributed by atoms with Gasteiger partial charge >= 0.3 is 0 Å². The van der Waals surface area contributed by atoms with Gasteiger partial charge in [0.25, 0.3) is 0 Å². The van der Waals surface area contributed by atoms with E-state index in [0.29, 0.717) is 19.5 Å². The number of carbonyl (C=O) groups excluding carboxylic acids is 1. The number of likely N-dealkylation sites (tertiary alicyclic amines) is 1. The Morgan fingerprint density at radius 2 is 2.26 bits per heavy atom. The van der Waals surface area contributed by atoms with Gasteiger partial charge in [0.05, 0.1) is 12.2 Å². The number of hydrogen-bond acceptors (Lipinski definition) is 4. The maximum Gasteiger partial charge on any atom is 0.222 e. The van der Waals surface area contributed by atoms with Gasteiger partial charge in [0, 0.05) is 47.2 Å². The molecule has 0 saturated carbocycles. The number of likely N-dealkylation sites (N-methyl/N-ethyl adjacent to an activating group) is 1. The molecular weight excluding hydrogens is 292 g/mol. The van der Waals surface area contributed by atoms with Gasteiger partial charge in [0.2, 0.25) is 5.91 Å². The molecule has 1 atom stereocenters. The number of carbonyl (C=O) groups is 1. The van der Waals surface area contributed by atoms with E-state index in [4.69, 9.17) is 0 Å². The third kappa shape index (κ3) is 4.84. The molecule has 2 N–H and O–H groups in total. The van der Waals surface area contributed by atoms with Gasteiger partial charge in [-0.2, -0.15) is 0 Å². The van der Waals surface area contributed by atoms with Crippen molar-refractivity contribution in [3.8, 4) is 0 Å². The van der Waals surface area contributed by atoms with E-state index >= 15 is 0 Å². The molecule has 7 nitrogen and oxygen atoms in total. The summed E-state index contributed by atoms with van der Waals surface area (Å²) in [5.41, 5.74) is 0.954. The van der Waals surface area contributed by atoms with Crippen LogP contribution in [0.3, 0.4) is 0 Å². The molecule has 126 valence electrons. The van der Waals surface area contributed by atoms with Crippen molar-refractivity contribution in [1.82, 2.24) is 20.5 Å². The smallest absolute Gasteiger partial charge is 0.222 e. The van der Waals surface area contributed by atoms with Crippen molar-refractivity contribution in [3.05, 3.63) is 23.9 Å². The van der Waals surface area contributed by atoms with E-state index < -0.39 is 0 Å². The highest BCUT2D eigenvalue weighted by molar-refractivity contribution is 5.81. The Morgan fingerprint density at radius 3 is 2.91 bits per heavy atom. The maximum atomic E-state index is 11.5. The van der Waals surface area contributed by atoms with Gasteiger partial charge < -0.3 is 20.4 Å². The van der Waals surface area contributed by atoms with Crippen LogP contribution in [-0.4, -0.2) is 62.5 Å². The number of nitrogens with zero attached hydrogens (tertiary/aromatic N) is 4. The third-order valence-corrected chi connectivity index (χ3v) is 3.88. The van der Waals surface area contributed by atoms with E-state index in [1.54, 1.807) is 11.9 Å². The second kappa shape index (κ2) is 7.80. The summed E-state index contributed by atoms with van der Waals surface area (Å²) in [5, 5.41) is 6.65. The fraction of sp³-hybridized carbons (Fsp3) is 0.562. The Morgan fingerprint density at radius 1 is 1.48 bits per heavy atom. The van der Waals surface area contributed by atoms with Crippen LogP contribution in [0.25, 0.3) is 0 Å². The molecule has 23 heavy (non-hydrogen) atoms. The fourth-order valence-corrected chi connectivity index (χ4v) is 2.51. The molecule has 1 unspecified atom stereocenters. The molecule has 1 fully saturated rings. The Bertz CT molecular complexity index is 571. The van der Waals surface area contributed by atoms with Crippen LogP contribution in [-0.2, 0) is 11.3 Å². The summed E-state index contributed by atoms with van der Waals surface area (Å²) in [5.74, 6) is 1.87. The first-order valence-corrected chi connectivity index (χ1v) is 7.84. The van der Waals surface area contributed by atoms with Crippen molar-refractivity contribution in [2.45, 2.75) is 25.4 Å². The van der Waals surface area contributed by atoms with Crippen LogP contribution in [0.1, 0.15) is 18.5 Å². The third-order valence-electron chi connectivity index (χ3n) is 3.88. The molecule has 7 heteroatoms. The Kier molecular flexibility index (Phi) is 5.78. The molecule has 0 bridgehead atoms. The minimum Gasteiger partial charge on any atom is -0.363 e. The average Bonchev–Trinajstić information content (AvgIpc) is 2.55. The lowest BCUT2D eigenvalue weighted by Crippen LogP contribution is -2.51. The van der Waals surface area contributed by atoms with Crippen molar-refractivity contribution in [2.24, 2.45) is 4.99 Å². The van der Waals surface area contributed by atoms with E-state index in [0.717, 1.165) is 23.9 Å². The number of piperidine rings is 1. The van der Waals surface area contributed by atoms with Gasteiger partial charge in [-0.1, -0.05) is 6.07 Å². The van der Waals surface area contributed by atoms with Crippen LogP contribution in [0.4, 0.5) is 5.82 Å². The van der Waals surface area contributed by atoms with Crippen LogP contribution in [0.5, 0.6) is 0 Å². The highest BCUT2D eigenvalue weighted by Crippen LogP contribution is 2.10. The Balaban J connectivity index is 1.88. The molecule has 1 aliphatic rings. The number of aromatic nitrogens is 1. The van der Waals surface area contributed by atoms with Gasteiger partial charge in [-0.05, 0) is 18.6 Å². The molecule has 0 radical (unpaired) electrons. The molecule has 1 aromatic heterocycles. The molecule has 1 aliphatic heterocycles. The molecule has 1 saturated heterocycles. The Labute approximate surface area is 137 Å². The largest absolute Gasteiger partial charge is 0.363 e. The number of guanidine groups is 1. The highest BCUT2D eigenvalue weighted by Gasteiger charge is 2.23. The standard InChI is InChI=1S/C16H26N6O/c1-17-16(20-13-8-9-15(23)22(4)11-13)18-10-12-6-5-7-14(19-12)21(2)3/h5-7,13H,8-11H2,1-4H3,(H2,17,18,20). The molecule has 0 aliphatic carbocycles. The minimum atomic E-state index is 0.204. The lowest BCUT2D eigenvalue weighted by Gasteiger charge is -2.31. The summed E-state index contributed by atoms with van der Waals surface area (Å²) >= 11 is 0. The number of aliphatic imine (C=N–C) groups is 1. The van der Waals surface area contributed by atoms with Crippen LogP contribution < -0.4 is 15.5 Å². The minimum absolute atomic E-state index is 0.204. The zero-order valence-corrected chi connectivity index (χ0v) is 14.3. The van der Waals surface area contributed by atoms with E-state index in [9.17, 15) is 4.79 Å². The summed E-state index contributed by atoms with van der Waals surface area (Å²) in [6.45, 7) is 1.30. The summed E-state index contributed by atoms with van der Waals surface area (Å²) in [6, 6.07) is 6.19. The highest BCUT2D eigenvalue weighted by atomic mass is 16.2. The fourth-order valence-electron chi connectivity index (χ4n) is 2.51. The molecular formula is C16H26N6O.